The molecule has 0 N–H and O–H groups in total. The quantitative estimate of drug-likeness (QED) is 0.0138. The van der Waals surface area contributed by atoms with Crippen LogP contribution in [0.5, 0.6) is 0 Å². The zero-order valence-electron chi connectivity index (χ0n) is 74.7. The van der Waals surface area contributed by atoms with Crippen LogP contribution < -0.4 is 10.2 Å². The molecule has 0 heterocycles. The molecular weight excluding hydrogens is 1830 g/mol. The molecule has 14 rings (SSSR count). The second kappa shape index (κ2) is 49.9. The highest BCUT2D eigenvalue weighted by Gasteiger charge is 2.74. The number of esters is 2. The minimum absolute atomic E-state index is 0.0146. The van der Waals surface area contributed by atoms with Crippen molar-refractivity contribution in [1.82, 2.24) is 0 Å². The van der Waals surface area contributed by atoms with Gasteiger partial charge in [0.25, 0.3) is 26.5 Å². The molecule has 133 heavy (non-hydrogen) atoms. The van der Waals surface area contributed by atoms with Crippen molar-refractivity contribution in [3.05, 3.63) is 363 Å². The van der Waals surface area contributed by atoms with Gasteiger partial charge in [0, 0.05) is 5.41 Å². The number of nitrogens with zero attached hydrogens (tertiary/aromatic N) is 2. The van der Waals surface area contributed by atoms with Crippen molar-refractivity contribution in [3.63, 3.8) is 0 Å². The predicted molar refractivity (Wildman–Crippen MR) is 507 cm³/mol. The van der Waals surface area contributed by atoms with Gasteiger partial charge in [0.15, 0.2) is 64.9 Å². The molecule has 0 radical (unpaired) electrons. The third-order valence-electron chi connectivity index (χ3n) is 22.2. The third kappa shape index (κ3) is 29.6. The molecule has 6 atom stereocenters. The predicted octanol–water partition coefficient (Wildman–Crippen LogP) is 24.5. The van der Waals surface area contributed by atoms with Crippen LogP contribution in [0.25, 0.3) is 0 Å². The van der Waals surface area contributed by atoms with E-state index in [4.69, 9.17) is 4.74 Å². The lowest BCUT2D eigenvalue weighted by atomic mass is 9.69. The number of hydrogen-bond donors (Lipinski definition) is 0. The van der Waals surface area contributed by atoms with Crippen molar-refractivity contribution in [2.24, 2.45) is 37.4 Å². The van der Waals surface area contributed by atoms with Crippen LogP contribution in [-0.4, -0.2) is 95.4 Å². The van der Waals surface area contributed by atoms with Gasteiger partial charge in [-0.25, -0.2) is 34.8 Å². The maximum atomic E-state index is 13.5. The molecule has 0 saturated heterocycles. The molecule has 12 aromatic carbocycles. The molecule has 28 heteroatoms. The molecule has 2 bridgehead atoms. The van der Waals surface area contributed by atoms with Gasteiger partial charge >= 0.3 is 30.0 Å². The van der Waals surface area contributed by atoms with E-state index in [0.717, 1.165) is 26.7 Å². The molecule has 702 valence electrons. The van der Waals surface area contributed by atoms with Crippen LogP contribution in [0.1, 0.15) is 97.6 Å². The number of sulfonamides is 2. The molecule has 0 aliphatic heterocycles. The standard InChI is InChI=1S/2C19H17S.2C18H15S.C17H21F8NO5S.C14H25F2NO5S/c2*1-16-12-14-19(15-13-16)20(17-8-4-2-5-9-17)18-10-6-3-7-11-18;2*1-4-10-16(11-5-1)19(17-12-6-2-7-13-17)18-14-8-3-9-15-18;1-8(18)11(27)31-10-6-9-4-5-14(10,13(9,2)3)7-32(29,30)26-12(28)15(19,20)16(21,22)17(23,24)25;1-4-6-7-11(5-2)13(18)17-23(20,21)9-8-22-14(19)10(3)12(15)16/h2*2-15H,1H3;2*1-15H;8-10H,4-7H2,1-3H3,(H,26,28);10-12H,4-9H2,1-3H3,(H,17,18)/q4*+1;;/p-2. The Bertz CT molecular complexity index is 5320. The lowest BCUT2D eigenvalue weighted by Crippen LogP contribution is -2.59. The molecule has 0 spiro atoms. The van der Waals surface area contributed by atoms with Crippen LogP contribution in [0, 0.1) is 42.4 Å². The van der Waals surface area contributed by atoms with E-state index in [1.807, 2.05) is 11.3 Å². The smallest absolute Gasteiger partial charge is 0.460 e. The number of unbranched alkanes of at least 4 members (excludes halogenated alkanes) is 1. The van der Waals surface area contributed by atoms with Gasteiger partial charge < -0.3 is 19.7 Å². The summed E-state index contributed by atoms with van der Waals surface area (Å²) in [5, 5.41) is 23.3. The van der Waals surface area contributed by atoms with E-state index in [1.54, 1.807) is 20.8 Å². The monoisotopic (exact) mass is 1940 g/mol. The van der Waals surface area contributed by atoms with Gasteiger partial charge in [-0.1, -0.05) is 258 Å². The summed E-state index contributed by atoms with van der Waals surface area (Å²) in [5.74, 6) is -24.3. The van der Waals surface area contributed by atoms with Gasteiger partial charge in [0.1, 0.15) is 24.4 Å². The lowest BCUT2D eigenvalue weighted by molar-refractivity contribution is -0.357. The van der Waals surface area contributed by atoms with E-state index < -0.39 is 121 Å². The number of halogens is 10. The van der Waals surface area contributed by atoms with E-state index in [0.29, 0.717) is 19.3 Å². The zero-order valence-corrected chi connectivity index (χ0v) is 79.6. The Morgan fingerprint density at radius 1 is 0.444 bits per heavy atom. The Hall–Kier alpha value is -10.9. The summed E-state index contributed by atoms with van der Waals surface area (Å²) in [7, 11) is -9.51. The molecule has 2 saturated carbocycles. The SMILES string of the molecule is CC(F)C(=O)OC1CC2CCC1(CS(=O)(=O)N=C([O-])C(F)(F)C(F)(F)C(F)(F)F)C2(C)C.CCCCC(CC)C([O-])=NS(=O)(=O)CCOC(=O)C(C)C(F)F.Cc1ccc([S+](c2ccccc2)c2ccccc2)cc1.Cc1ccc([S+](c2ccccc2)c2ccccc2)cc1.c1ccc([S+](c2ccccc2)c2ccccc2)cc1.c1ccc([S+](c2ccccc2)c2ccccc2)cc1. The van der Waals surface area contributed by atoms with E-state index in [-0.39, 0.29) is 62.3 Å². The Balaban J connectivity index is 0.000000181. The number of aryl methyl sites for hydroxylation is 2. The summed E-state index contributed by atoms with van der Waals surface area (Å²) in [6.07, 6.45) is -9.81. The number of fused-ring (bicyclic) bond motifs is 2. The zero-order chi connectivity index (χ0) is 96.6. The molecule has 0 amide bonds. The molecule has 2 aliphatic carbocycles. The number of ether oxygens (including phenoxy) is 2. The number of alkyl halides is 10. The maximum Gasteiger partial charge on any atom is 0.460 e. The summed E-state index contributed by atoms with van der Waals surface area (Å²) in [5.41, 5.74) is 0.102. The molecule has 6 unspecified atom stereocenters. The van der Waals surface area contributed by atoms with E-state index in [1.165, 1.54) is 69.9 Å². The summed E-state index contributed by atoms with van der Waals surface area (Å²) < 4.78 is 191. The van der Waals surface area contributed by atoms with Crippen LogP contribution >= 0.6 is 0 Å². The number of hydrogen-bond acceptors (Lipinski definition) is 10. The summed E-state index contributed by atoms with van der Waals surface area (Å²) in [6.45, 7) is 12.3. The summed E-state index contributed by atoms with van der Waals surface area (Å²) in [6, 6.07) is 125. The average Bonchev–Trinajstić information content (AvgIpc) is 1.54. The van der Waals surface area contributed by atoms with Gasteiger partial charge in [-0.05, 0) is 229 Å². The first-order chi connectivity index (χ1) is 63.3. The van der Waals surface area contributed by atoms with Gasteiger partial charge in [-0.3, -0.25) is 4.79 Å². The van der Waals surface area contributed by atoms with Crippen LogP contribution in [0.4, 0.5) is 43.9 Å². The highest BCUT2D eigenvalue weighted by molar-refractivity contribution is 7.98. The molecular formula is C105H108F10N2O10S6+2. The Labute approximate surface area is 786 Å². The van der Waals surface area contributed by atoms with E-state index >= 15 is 0 Å². The fraction of sp³-hybridized carbons (Fsp3) is 0.276. The van der Waals surface area contributed by atoms with Crippen molar-refractivity contribution < 1.29 is 90.0 Å². The van der Waals surface area contributed by atoms with Crippen LogP contribution in [-0.2, 0) is 82.7 Å². The number of carbonyl (C=O) groups excluding carboxylic acids is 2. The molecule has 12 nitrogen and oxygen atoms in total. The van der Waals surface area contributed by atoms with Crippen molar-refractivity contribution in [1.29, 1.82) is 0 Å². The first-order valence-corrected chi connectivity index (χ1v) is 51.2. The Kier molecular flexibility index (Phi) is 39.7. The van der Waals surface area contributed by atoms with Gasteiger partial charge in [-0.2, -0.15) is 39.5 Å². The number of carbonyl (C=O) groups is 2. The average molecular weight is 1940 g/mol. The maximum absolute atomic E-state index is 13.5. The number of rotatable bonds is 30. The second-order valence-electron chi connectivity index (χ2n) is 31.9. The minimum atomic E-state index is -6.87. The minimum Gasteiger partial charge on any atom is -0.861 e. The largest absolute Gasteiger partial charge is 0.861 e. The fourth-order valence-electron chi connectivity index (χ4n) is 14.8. The van der Waals surface area contributed by atoms with Gasteiger partial charge in [0.2, 0.25) is 0 Å². The highest BCUT2D eigenvalue weighted by Crippen LogP contribution is 2.67. The lowest BCUT2D eigenvalue weighted by Gasteiger charge is -2.41. The van der Waals surface area contributed by atoms with Crippen molar-refractivity contribution in [3.8, 4) is 0 Å². The molecule has 0 aromatic heterocycles. The molecule has 12 aromatic rings. The van der Waals surface area contributed by atoms with E-state index in [2.05, 4.69) is 375 Å². The van der Waals surface area contributed by atoms with Crippen LogP contribution in [0.2, 0.25) is 0 Å². The van der Waals surface area contributed by atoms with Crippen LogP contribution in [0.3, 0.4) is 0 Å². The first kappa shape index (κ1) is 106. The number of benzene rings is 12. The Morgan fingerprint density at radius 3 is 0.992 bits per heavy atom. The summed E-state index contributed by atoms with van der Waals surface area (Å²) >= 11 is 0. The fourth-order valence-corrected chi connectivity index (χ4v) is 25.8. The van der Waals surface area contributed by atoms with Crippen LogP contribution in [0.15, 0.2) is 419 Å². The van der Waals surface area contributed by atoms with E-state index in [9.17, 15) is 80.5 Å². The van der Waals surface area contributed by atoms with Crippen molar-refractivity contribution in [2.75, 3.05) is 18.1 Å². The first-order valence-electron chi connectivity index (χ1n) is 43.1. The molecule has 2 aliphatic rings. The van der Waals surface area contributed by atoms with Gasteiger partial charge in [0.05, 0.1) is 55.2 Å². The second-order valence-corrected chi connectivity index (χ2v) is 43.4. The topological polar surface area (TPSA) is 192 Å². The van der Waals surface area contributed by atoms with Crippen molar-refractivity contribution in [2.45, 2.75) is 196 Å². The van der Waals surface area contributed by atoms with Crippen molar-refractivity contribution >= 4 is 87.4 Å². The molecule has 2 fully saturated rings. The van der Waals surface area contributed by atoms with Gasteiger partial charge in [-0.15, -0.1) is 0 Å². The highest BCUT2D eigenvalue weighted by atomic mass is 32.2. The summed E-state index contributed by atoms with van der Waals surface area (Å²) in [4.78, 5) is 39.2. The Morgan fingerprint density at radius 2 is 0.737 bits per heavy atom. The third-order valence-corrected chi connectivity index (χ3v) is 33.6. The normalized spacial score (nSPS) is 16.1.